The van der Waals surface area contributed by atoms with Gasteiger partial charge in [0.2, 0.25) is 0 Å². The zero-order valence-electron chi connectivity index (χ0n) is 10.9. The lowest BCUT2D eigenvalue weighted by molar-refractivity contribution is 0.238. The molecule has 0 aromatic heterocycles. The maximum atomic E-state index is 11.3. The van der Waals surface area contributed by atoms with E-state index in [0.29, 0.717) is 5.56 Å². The van der Waals surface area contributed by atoms with Crippen LogP contribution in [0.2, 0.25) is 0 Å². The van der Waals surface area contributed by atoms with E-state index in [-0.39, 0.29) is 11.3 Å². The van der Waals surface area contributed by atoms with E-state index in [2.05, 4.69) is 5.32 Å². The van der Waals surface area contributed by atoms with Crippen LogP contribution >= 0.6 is 11.6 Å². The van der Waals surface area contributed by atoms with E-state index in [9.17, 15) is 13.2 Å². The first kappa shape index (κ1) is 16.1. The maximum absolute atomic E-state index is 11.3. The molecule has 1 aromatic rings. The van der Waals surface area contributed by atoms with Crippen molar-refractivity contribution in [1.82, 2.24) is 10.6 Å². The minimum Gasteiger partial charge on any atom is -0.470 e. The first-order valence-electron chi connectivity index (χ1n) is 5.85. The maximum Gasteiger partial charge on any atom is 0.320 e. The number of rotatable bonds is 4. The predicted molar refractivity (Wildman–Crippen MR) is 76.5 cm³/mol. The average Bonchev–Trinajstić information content (AvgIpc) is 2.46. The number of amides is 2. The molecule has 2 amide bonds. The van der Waals surface area contributed by atoms with Crippen molar-refractivity contribution in [2.45, 2.75) is 10.9 Å². The molecule has 116 valence electrons. The molecular formula is C12H10ClN3O5S. The molecular weight excluding hydrogens is 334 g/mol. The van der Waals surface area contributed by atoms with E-state index in [1.165, 1.54) is 12.1 Å². The van der Waals surface area contributed by atoms with Crippen LogP contribution in [0.25, 0.3) is 0 Å². The number of nitrogens with one attached hydrogen (secondary N) is 2. The van der Waals surface area contributed by atoms with Crippen molar-refractivity contribution >= 4 is 27.8 Å². The van der Waals surface area contributed by atoms with Crippen molar-refractivity contribution in [3.8, 4) is 11.8 Å². The minimum absolute atomic E-state index is 0.105. The number of hydrogen-bond acceptors (Lipinski definition) is 5. The van der Waals surface area contributed by atoms with Crippen molar-refractivity contribution in [1.29, 1.82) is 5.26 Å². The van der Waals surface area contributed by atoms with Gasteiger partial charge in [-0.05, 0) is 18.2 Å². The highest BCUT2D eigenvalue weighted by Gasteiger charge is 2.36. The zero-order valence-corrected chi connectivity index (χ0v) is 12.4. The number of alkyl halides is 1. The number of nitrogens with zero attached hydrogens (tertiary/aromatic N) is 1. The van der Waals surface area contributed by atoms with Crippen LogP contribution in [0.3, 0.4) is 0 Å². The van der Waals surface area contributed by atoms with E-state index < -0.39 is 27.1 Å². The fraction of sp³-hybridized carbons (Fsp3) is 0.167. The van der Waals surface area contributed by atoms with Gasteiger partial charge in [-0.3, -0.25) is 4.55 Å². The molecule has 10 heteroatoms. The Morgan fingerprint density at radius 1 is 1.45 bits per heavy atom. The largest absolute Gasteiger partial charge is 0.470 e. The molecule has 2 rings (SSSR count). The van der Waals surface area contributed by atoms with E-state index in [1.54, 1.807) is 12.1 Å². The van der Waals surface area contributed by atoms with E-state index in [4.69, 9.17) is 26.2 Å². The van der Waals surface area contributed by atoms with Gasteiger partial charge in [-0.15, -0.1) is 0 Å². The Kier molecular flexibility index (Phi) is 4.56. The molecule has 2 unspecified atom stereocenters. The topological polar surface area (TPSA) is 129 Å². The molecule has 1 aliphatic heterocycles. The van der Waals surface area contributed by atoms with Crippen LogP contribution in [0.5, 0.6) is 5.75 Å². The first-order chi connectivity index (χ1) is 10.3. The summed E-state index contributed by atoms with van der Waals surface area (Å²) in [6, 6.07) is 7.16. The van der Waals surface area contributed by atoms with Crippen LogP contribution in [-0.2, 0) is 10.1 Å². The molecule has 1 aliphatic rings. The second-order valence-electron chi connectivity index (χ2n) is 4.23. The number of ether oxygens (including phenoxy) is 1. The Bertz CT molecular complexity index is 771. The lowest BCUT2D eigenvalue weighted by Gasteiger charge is -2.26. The molecule has 1 aromatic carbocycles. The van der Waals surface area contributed by atoms with Gasteiger partial charge in [-0.25, -0.2) is 4.79 Å². The first-order valence-corrected chi connectivity index (χ1v) is 7.79. The minimum atomic E-state index is -4.62. The summed E-state index contributed by atoms with van der Waals surface area (Å²) < 4.78 is 37.1. The molecule has 0 spiro atoms. The summed E-state index contributed by atoms with van der Waals surface area (Å²) >= 11 is 6.00. The van der Waals surface area contributed by atoms with Gasteiger partial charge in [0, 0.05) is 11.8 Å². The SMILES string of the molecule is N#Cc1cccc(OC(Cl)C2=CNC(=O)NC2S(=O)(=O)O)c1. The second-order valence-corrected chi connectivity index (χ2v) is 6.13. The van der Waals surface area contributed by atoms with Crippen molar-refractivity contribution in [2.75, 3.05) is 0 Å². The highest BCUT2D eigenvalue weighted by atomic mass is 35.5. The van der Waals surface area contributed by atoms with Crippen LogP contribution in [0, 0.1) is 11.3 Å². The van der Waals surface area contributed by atoms with Gasteiger partial charge in [0.25, 0.3) is 10.1 Å². The van der Waals surface area contributed by atoms with E-state index in [0.717, 1.165) is 6.20 Å². The summed E-state index contributed by atoms with van der Waals surface area (Å²) in [5.74, 6) is 0.228. The van der Waals surface area contributed by atoms with Gasteiger partial charge >= 0.3 is 6.03 Å². The Morgan fingerprint density at radius 2 is 2.18 bits per heavy atom. The summed E-state index contributed by atoms with van der Waals surface area (Å²) in [4.78, 5) is 11.2. The van der Waals surface area contributed by atoms with Gasteiger partial charge in [0.1, 0.15) is 5.75 Å². The lowest BCUT2D eigenvalue weighted by atomic mass is 10.2. The third-order valence-electron chi connectivity index (χ3n) is 2.70. The predicted octanol–water partition coefficient (Wildman–Crippen LogP) is 0.913. The summed E-state index contributed by atoms with van der Waals surface area (Å²) in [5, 5.41) is 11.3. The molecule has 0 aliphatic carbocycles. The number of hydrogen-bond donors (Lipinski definition) is 3. The fourth-order valence-electron chi connectivity index (χ4n) is 1.73. The molecule has 0 bridgehead atoms. The van der Waals surface area contributed by atoms with Gasteiger partial charge in [-0.2, -0.15) is 13.7 Å². The fourth-order valence-corrected chi connectivity index (χ4v) is 2.88. The average molecular weight is 344 g/mol. The highest BCUT2D eigenvalue weighted by Crippen LogP contribution is 2.24. The summed E-state index contributed by atoms with van der Waals surface area (Å²) in [6.45, 7) is 0. The smallest absolute Gasteiger partial charge is 0.320 e. The standard InChI is InChI=1S/C12H10ClN3O5S/c13-10(21-8-3-1-2-7(4-8)5-14)9-6-15-12(17)16-11(9)22(18,19)20/h1-4,6,10-11H,(H2,15,16,17)(H,18,19,20). The molecule has 2 atom stereocenters. The summed E-state index contributed by atoms with van der Waals surface area (Å²) in [6.07, 6.45) is 1.04. The lowest BCUT2D eigenvalue weighted by Crippen LogP contribution is -2.51. The van der Waals surface area contributed by atoms with Crippen LogP contribution in [0.15, 0.2) is 36.0 Å². The Labute approximate surface area is 131 Å². The van der Waals surface area contributed by atoms with Gasteiger partial charge in [0.15, 0.2) is 10.9 Å². The van der Waals surface area contributed by atoms with Gasteiger partial charge in [-0.1, -0.05) is 17.7 Å². The summed E-state index contributed by atoms with van der Waals surface area (Å²) in [7, 11) is -4.62. The normalized spacial score (nSPS) is 19.2. The molecule has 0 saturated carbocycles. The van der Waals surface area contributed by atoms with Crippen LogP contribution in [-0.4, -0.2) is 29.9 Å². The molecule has 0 radical (unpaired) electrons. The number of nitriles is 1. The number of carbonyl (C=O) groups excluding carboxylic acids is 1. The van der Waals surface area contributed by atoms with E-state index in [1.807, 2.05) is 11.4 Å². The molecule has 8 nitrogen and oxygen atoms in total. The second kappa shape index (κ2) is 6.23. The quantitative estimate of drug-likeness (QED) is 0.550. The highest BCUT2D eigenvalue weighted by molar-refractivity contribution is 7.86. The van der Waals surface area contributed by atoms with Crippen LogP contribution in [0.1, 0.15) is 5.56 Å². The van der Waals surface area contributed by atoms with Gasteiger partial charge < -0.3 is 15.4 Å². The van der Waals surface area contributed by atoms with Crippen LogP contribution < -0.4 is 15.4 Å². The van der Waals surface area contributed by atoms with Gasteiger partial charge in [0.05, 0.1) is 11.6 Å². The third-order valence-corrected chi connectivity index (χ3v) is 4.02. The Morgan fingerprint density at radius 3 is 2.82 bits per heavy atom. The zero-order chi connectivity index (χ0) is 16.3. The van der Waals surface area contributed by atoms with Crippen molar-refractivity contribution in [2.24, 2.45) is 0 Å². The molecule has 22 heavy (non-hydrogen) atoms. The Hall–Kier alpha value is -2.28. The third kappa shape index (κ3) is 3.67. The number of urea groups is 1. The molecule has 3 N–H and O–H groups in total. The number of halogens is 1. The summed E-state index contributed by atoms with van der Waals surface area (Å²) in [5.41, 5.74) is -1.07. The van der Waals surface area contributed by atoms with Crippen molar-refractivity contribution in [3.05, 3.63) is 41.6 Å². The van der Waals surface area contributed by atoms with Crippen molar-refractivity contribution in [3.63, 3.8) is 0 Å². The number of carbonyl (C=O) groups is 1. The van der Waals surface area contributed by atoms with Crippen LogP contribution in [0.4, 0.5) is 4.79 Å². The molecule has 1 heterocycles. The van der Waals surface area contributed by atoms with Crippen molar-refractivity contribution < 1.29 is 22.5 Å². The van der Waals surface area contributed by atoms with E-state index >= 15 is 0 Å². The monoisotopic (exact) mass is 343 g/mol. The Balaban J connectivity index is 2.25. The molecule has 0 saturated heterocycles. The number of benzene rings is 1. The molecule has 0 fully saturated rings.